The first kappa shape index (κ1) is 55.2. The van der Waals surface area contributed by atoms with Crippen molar-refractivity contribution < 1.29 is 43.0 Å². The summed E-state index contributed by atoms with van der Waals surface area (Å²) in [5, 5.41) is 17.6. The third-order valence-corrected chi connectivity index (χ3v) is 12.9. The fourth-order valence-electron chi connectivity index (χ4n) is 9.26. The first-order chi connectivity index (χ1) is 33.1. The van der Waals surface area contributed by atoms with E-state index in [0.29, 0.717) is 45.6 Å². The highest BCUT2D eigenvalue weighted by molar-refractivity contribution is 5.95. The van der Waals surface area contributed by atoms with E-state index in [1.54, 1.807) is 46.4 Å². The summed E-state index contributed by atoms with van der Waals surface area (Å²) in [6.07, 6.45) is 4.84. The molecule has 3 aliphatic rings. The first-order valence-corrected chi connectivity index (χ1v) is 25.3. The van der Waals surface area contributed by atoms with Crippen molar-refractivity contribution in [1.29, 1.82) is 0 Å². The zero-order valence-corrected chi connectivity index (χ0v) is 42.8. The van der Waals surface area contributed by atoms with E-state index in [-0.39, 0.29) is 54.9 Å². The number of carbonyl (C=O) groups excluding carboxylic acids is 7. The second-order valence-corrected chi connectivity index (χ2v) is 21.8. The van der Waals surface area contributed by atoms with Gasteiger partial charge in [0.25, 0.3) is 0 Å². The van der Waals surface area contributed by atoms with E-state index in [2.05, 4.69) is 31.9 Å². The summed E-state index contributed by atoms with van der Waals surface area (Å²) in [4.78, 5) is 100. The molecule has 3 heterocycles. The summed E-state index contributed by atoms with van der Waals surface area (Å²) in [7, 11) is 0. The van der Waals surface area contributed by atoms with Crippen LogP contribution in [0.2, 0.25) is 0 Å². The van der Waals surface area contributed by atoms with Gasteiger partial charge in [0.15, 0.2) is 0 Å². The summed E-state index contributed by atoms with van der Waals surface area (Å²) >= 11 is 0. The lowest BCUT2D eigenvalue weighted by Gasteiger charge is -2.55. The number of amides is 7. The molecule has 2 aromatic rings. The normalized spacial score (nSPS) is 18.6. The predicted molar refractivity (Wildman–Crippen MR) is 267 cm³/mol. The van der Waals surface area contributed by atoms with E-state index in [4.69, 9.17) is 9.47 Å². The maximum Gasteiger partial charge on any atom is 0.408 e. The monoisotopic (exact) mass is 973 g/mol. The molecule has 70 heavy (non-hydrogen) atoms. The zero-order valence-electron chi connectivity index (χ0n) is 42.8. The number of likely N-dealkylation sites (tertiary alicyclic amines) is 2. The van der Waals surface area contributed by atoms with Gasteiger partial charge in [-0.2, -0.15) is 0 Å². The third kappa shape index (κ3) is 17.9. The van der Waals surface area contributed by atoms with Crippen LogP contribution in [0.3, 0.4) is 0 Å². The van der Waals surface area contributed by atoms with E-state index >= 15 is 0 Å². The van der Waals surface area contributed by atoms with Crippen LogP contribution in [0.1, 0.15) is 124 Å². The minimum absolute atomic E-state index is 0.0428. The Bertz CT molecular complexity index is 2050. The van der Waals surface area contributed by atoms with Crippen LogP contribution in [-0.4, -0.2) is 132 Å². The summed E-state index contributed by atoms with van der Waals surface area (Å²) < 4.78 is 10.9. The van der Waals surface area contributed by atoms with Crippen molar-refractivity contribution in [3.05, 3.63) is 71.8 Å². The van der Waals surface area contributed by atoms with Gasteiger partial charge in [-0.15, -0.1) is 0 Å². The van der Waals surface area contributed by atoms with Gasteiger partial charge in [0.2, 0.25) is 29.5 Å². The number of hydrogen-bond donors (Lipinski definition) is 6. The van der Waals surface area contributed by atoms with Gasteiger partial charge in [0.1, 0.15) is 35.4 Å². The van der Waals surface area contributed by atoms with Crippen LogP contribution in [0.5, 0.6) is 0 Å². The van der Waals surface area contributed by atoms with Crippen molar-refractivity contribution >= 4 is 41.7 Å². The minimum Gasteiger partial charge on any atom is -0.444 e. The van der Waals surface area contributed by atoms with Crippen molar-refractivity contribution in [2.75, 3.05) is 39.3 Å². The van der Waals surface area contributed by atoms with E-state index in [0.717, 1.165) is 49.8 Å². The molecule has 1 spiro atoms. The van der Waals surface area contributed by atoms with Gasteiger partial charge < -0.3 is 51.2 Å². The molecular weight excluding hydrogens is 893 g/mol. The Morgan fingerprint density at radius 2 is 1.17 bits per heavy atom. The van der Waals surface area contributed by atoms with Gasteiger partial charge in [-0.1, -0.05) is 80.9 Å². The fraction of sp³-hybridized carbons (Fsp3) is 0.642. The van der Waals surface area contributed by atoms with Crippen molar-refractivity contribution in [2.45, 2.75) is 167 Å². The molecule has 0 radical (unpaired) electrons. The Morgan fingerprint density at radius 3 is 1.70 bits per heavy atom. The number of alkyl carbamates (subject to hydrolysis) is 2. The molecule has 3 fully saturated rings. The Kier molecular flexibility index (Phi) is 20.1. The van der Waals surface area contributed by atoms with Crippen LogP contribution >= 0.6 is 0 Å². The summed E-state index contributed by atoms with van der Waals surface area (Å²) in [6, 6.07) is 13.9. The molecule has 7 amide bonds. The molecule has 3 aliphatic heterocycles. The average molecular weight is 973 g/mol. The fourth-order valence-corrected chi connectivity index (χ4v) is 9.26. The SMILES string of the molecule is CC(C)C[C@@H](NC(=O)[C@@H](Cc1ccccc1)NC(=O)[C@@H](Cc1ccccc1)NC(=O)OC(C)(C)C)C(=O)N[C@H](CCCCNC(=O)OC(C)(C)C)C(=O)N1CCC2(CC1)CN(C(=O)[C@H]1CCCCN1)C2. The summed E-state index contributed by atoms with van der Waals surface area (Å²) in [5.41, 5.74) is 0.00503. The number of unbranched alkanes of at least 4 members (excludes halogenated alkanes) is 1. The molecular formula is C53H80N8O9. The molecule has 3 saturated heterocycles. The highest BCUT2D eigenvalue weighted by Crippen LogP contribution is 2.41. The lowest BCUT2D eigenvalue weighted by atomic mass is 9.71. The standard InChI is InChI=1S/C53H80N8O9/c1-36(2)31-41(57-45(63)42(32-37-19-11-9-12-20-37)58-46(64)43(33-38-21-13-10-14-22-38)59-50(68)70-52(6,7)8)44(62)56-40(24-16-18-28-55-49(67)69-51(3,4)5)48(66)60-29-25-53(26-30-60)34-61(35-53)47(65)39-23-15-17-27-54-39/h9-14,19-22,36,39-43,54H,15-18,23-35H2,1-8H3,(H,55,67)(H,56,62)(H,57,63)(H,58,64)(H,59,68)/t39-,40-,41-,42-,43-/m1/s1. The van der Waals surface area contributed by atoms with E-state index in [9.17, 15) is 33.6 Å². The molecule has 386 valence electrons. The number of benzene rings is 2. The molecule has 5 rings (SSSR count). The maximum atomic E-state index is 14.5. The number of ether oxygens (including phenoxy) is 2. The molecule has 6 N–H and O–H groups in total. The molecule has 0 bridgehead atoms. The Hall–Kier alpha value is -5.71. The summed E-state index contributed by atoms with van der Waals surface area (Å²) in [6.45, 7) is 17.8. The van der Waals surface area contributed by atoms with Crippen LogP contribution < -0.4 is 31.9 Å². The number of carbonyl (C=O) groups is 7. The topological polar surface area (TPSA) is 217 Å². The number of nitrogens with zero attached hydrogens (tertiary/aromatic N) is 2. The van der Waals surface area contributed by atoms with Crippen molar-refractivity contribution in [1.82, 2.24) is 41.7 Å². The maximum absolute atomic E-state index is 14.5. The van der Waals surface area contributed by atoms with Gasteiger partial charge in [-0.05, 0) is 116 Å². The van der Waals surface area contributed by atoms with Crippen molar-refractivity contribution in [2.24, 2.45) is 11.3 Å². The number of nitrogens with one attached hydrogen (secondary N) is 6. The van der Waals surface area contributed by atoms with Gasteiger partial charge in [-0.3, -0.25) is 24.0 Å². The molecule has 17 nitrogen and oxygen atoms in total. The zero-order chi connectivity index (χ0) is 51.1. The molecule has 0 unspecified atom stereocenters. The van der Waals surface area contributed by atoms with Gasteiger partial charge >= 0.3 is 12.2 Å². The second kappa shape index (κ2) is 25.4. The molecule has 0 aliphatic carbocycles. The van der Waals surface area contributed by atoms with E-state index in [1.807, 2.05) is 79.4 Å². The first-order valence-electron chi connectivity index (χ1n) is 25.3. The smallest absolute Gasteiger partial charge is 0.408 e. The van der Waals surface area contributed by atoms with Crippen molar-refractivity contribution in [3.8, 4) is 0 Å². The molecule has 5 atom stereocenters. The molecule has 0 aromatic heterocycles. The number of piperidine rings is 2. The van der Waals surface area contributed by atoms with Gasteiger partial charge in [-0.25, -0.2) is 9.59 Å². The quantitative estimate of drug-likeness (QED) is 0.0960. The Morgan fingerprint density at radius 1 is 0.657 bits per heavy atom. The minimum atomic E-state index is -1.16. The number of rotatable bonds is 20. The Labute approximate surface area is 415 Å². The van der Waals surface area contributed by atoms with Gasteiger partial charge in [0, 0.05) is 51.0 Å². The van der Waals surface area contributed by atoms with Gasteiger partial charge in [0.05, 0.1) is 6.04 Å². The van der Waals surface area contributed by atoms with Crippen LogP contribution in [-0.2, 0) is 46.3 Å². The summed E-state index contributed by atoms with van der Waals surface area (Å²) in [5.74, 6) is -1.89. The average Bonchev–Trinajstić information content (AvgIpc) is 3.28. The van der Waals surface area contributed by atoms with E-state index < -0.39 is 65.3 Å². The largest absolute Gasteiger partial charge is 0.444 e. The second-order valence-electron chi connectivity index (χ2n) is 21.8. The van der Waals surface area contributed by atoms with Crippen LogP contribution in [0.4, 0.5) is 9.59 Å². The third-order valence-electron chi connectivity index (χ3n) is 12.9. The van der Waals surface area contributed by atoms with Crippen LogP contribution in [0.15, 0.2) is 60.7 Å². The molecule has 0 saturated carbocycles. The lowest BCUT2D eigenvalue weighted by molar-refractivity contribution is -0.153. The Balaban J connectivity index is 1.30. The molecule has 2 aromatic carbocycles. The van der Waals surface area contributed by atoms with E-state index in [1.165, 1.54) is 0 Å². The molecule has 17 heteroatoms. The van der Waals surface area contributed by atoms with Crippen LogP contribution in [0.25, 0.3) is 0 Å². The van der Waals surface area contributed by atoms with Crippen LogP contribution in [0, 0.1) is 11.3 Å². The van der Waals surface area contributed by atoms with Crippen molar-refractivity contribution in [3.63, 3.8) is 0 Å². The highest BCUT2D eigenvalue weighted by atomic mass is 16.6. The number of hydrogen-bond acceptors (Lipinski definition) is 10. The highest BCUT2D eigenvalue weighted by Gasteiger charge is 2.49. The lowest BCUT2D eigenvalue weighted by Crippen LogP contribution is -2.65. The predicted octanol–water partition coefficient (Wildman–Crippen LogP) is 5.15.